The molecule has 1 aliphatic heterocycles. The average molecular weight is 325 g/mol. The van der Waals surface area contributed by atoms with Crippen molar-refractivity contribution >= 4 is 21.7 Å². The van der Waals surface area contributed by atoms with Crippen LogP contribution in [-0.4, -0.2) is 23.9 Å². The third-order valence-corrected chi connectivity index (χ3v) is 4.29. The van der Waals surface area contributed by atoms with Crippen LogP contribution in [0.25, 0.3) is 0 Å². The molecule has 0 spiro atoms. The minimum atomic E-state index is 0.318. The Bertz CT molecular complexity index is 430. The molecule has 3 nitrogen and oxygen atoms in total. The summed E-state index contributed by atoms with van der Waals surface area (Å²) in [5.41, 5.74) is 0.994. The zero-order valence-electron chi connectivity index (χ0n) is 11.4. The first-order valence-electron chi connectivity index (χ1n) is 6.97. The molecule has 1 saturated heterocycles. The van der Waals surface area contributed by atoms with E-state index in [1.807, 2.05) is 6.07 Å². The summed E-state index contributed by atoms with van der Waals surface area (Å²) in [4.78, 5) is 16.2. The highest BCUT2D eigenvalue weighted by atomic mass is 79.9. The molecule has 0 radical (unpaired) electrons. The molecule has 1 fully saturated rings. The summed E-state index contributed by atoms with van der Waals surface area (Å²) in [6.45, 7) is 4.39. The van der Waals surface area contributed by atoms with Crippen LogP contribution < -0.4 is 5.32 Å². The summed E-state index contributed by atoms with van der Waals surface area (Å²) in [7, 11) is 0. The van der Waals surface area contributed by atoms with Crippen molar-refractivity contribution in [1.82, 2.24) is 10.3 Å². The van der Waals surface area contributed by atoms with E-state index >= 15 is 0 Å². The molecule has 1 aromatic rings. The average Bonchev–Trinajstić information content (AvgIpc) is 2.39. The zero-order valence-corrected chi connectivity index (χ0v) is 12.9. The van der Waals surface area contributed by atoms with E-state index in [9.17, 15) is 4.79 Å². The lowest BCUT2D eigenvalue weighted by molar-refractivity contribution is -0.119. The van der Waals surface area contributed by atoms with Gasteiger partial charge in [0.15, 0.2) is 0 Å². The standard InChI is InChI=1S/C15H21BrN2O/c1-11(13-3-2-4-17-9-13)5-15(19)7-12-6-14(16)10-18-8-12/h6,8,10-11,13,17H,2-5,7,9H2,1H3. The van der Waals surface area contributed by atoms with Gasteiger partial charge in [0.25, 0.3) is 0 Å². The van der Waals surface area contributed by atoms with Gasteiger partial charge in [-0.15, -0.1) is 0 Å². The fraction of sp³-hybridized carbons (Fsp3) is 0.600. The topological polar surface area (TPSA) is 42.0 Å². The van der Waals surface area contributed by atoms with Crippen molar-refractivity contribution in [3.8, 4) is 0 Å². The Morgan fingerprint density at radius 3 is 3.11 bits per heavy atom. The Morgan fingerprint density at radius 2 is 2.42 bits per heavy atom. The van der Waals surface area contributed by atoms with Gasteiger partial charge in [0.2, 0.25) is 0 Å². The summed E-state index contributed by atoms with van der Waals surface area (Å²) in [5, 5.41) is 3.42. The van der Waals surface area contributed by atoms with Gasteiger partial charge in [0.05, 0.1) is 0 Å². The molecule has 0 aliphatic carbocycles. The monoisotopic (exact) mass is 324 g/mol. The molecule has 2 heterocycles. The molecule has 0 aromatic carbocycles. The minimum Gasteiger partial charge on any atom is -0.316 e. The molecule has 4 heteroatoms. The summed E-state index contributed by atoms with van der Waals surface area (Å²) in [5.74, 6) is 1.44. The van der Waals surface area contributed by atoms with Crippen molar-refractivity contribution in [1.29, 1.82) is 0 Å². The third-order valence-electron chi connectivity index (χ3n) is 3.85. The van der Waals surface area contributed by atoms with E-state index in [0.29, 0.717) is 30.5 Å². The molecule has 1 N–H and O–H groups in total. The number of halogens is 1. The number of hydrogen-bond acceptors (Lipinski definition) is 3. The summed E-state index contributed by atoms with van der Waals surface area (Å²) < 4.78 is 0.933. The molecule has 1 aliphatic rings. The second kappa shape index (κ2) is 7.15. The molecule has 19 heavy (non-hydrogen) atoms. The van der Waals surface area contributed by atoms with Crippen LogP contribution in [0.3, 0.4) is 0 Å². The van der Waals surface area contributed by atoms with Crippen molar-refractivity contribution in [3.05, 3.63) is 28.5 Å². The molecule has 2 rings (SSSR count). The molecule has 0 amide bonds. The molecule has 1 aromatic heterocycles. The number of nitrogens with zero attached hydrogens (tertiary/aromatic N) is 1. The highest BCUT2D eigenvalue weighted by Gasteiger charge is 2.21. The van der Waals surface area contributed by atoms with Crippen LogP contribution in [0.5, 0.6) is 0 Å². The first-order valence-corrected chi connectivity index (χ1v) is 7.76. The van der Waals surface area contributed by atoms with E-state index in [2.05, 4.69) is 33.2 Å². The van der Waals surface area contributed by atoms with Gasteiger partial charge in [-0.2, -0.15) is 0 Å². The van der Waals surface area contributed by atoms with Crippen LogP contribution in [-0.2, 0) is 11.2 Å². The first-order chi connectivity index (χ1) is 9.15. The van der Waals surface area contributed by atoms with E-state index in [0.717, 1.165) is 23.1 Å². The number of Topliss-reactive ketones (excluding diaryl/α,β-unsaturated/α-hetero) is 1. The van der Waals surface area contributed by atoms with Gasteiger partial charge in [-0.1, -0.05) is 6.92 Å². The Hall–Kier alpha value is -0.740. The Balaban J connectivity index is 1.83. The summed E-state index contributed by atoms with van der Waals surface area (Å²) in [6, 6.07) is 1.97. The largest absolute Gasteiger partial charge is 0.316 e. The van der Waals surface area contributed by atoms with Crippen LogP contribution in [0.15, 0.2) is 22.9 Å². The van der Waals surface area contributed by atoms with Gasteiger partial charge in [0.1, 0.15) is 5.78 Å². The van der Waals surface area contributed by atoms with Gasteiger partial charge >= 0.3 is 0 Å². The number of rotatable bonds is 5. The van der Waals surface area contributed by atoms with E-state index < -0.39 is 0 Å². The van der Waals surface area contributed by atoms with E-state index in [-0.39, 0.29) is 0 Å². The van der Waals surface area contributed by atoms with Crippen LogP contribution in [0.4, 0.5) is 0 Å². The van der Waals surface area contributed by atoms with Gasteiger partial charge in [-0.3, -0.25) is 9.78 Å². The van der Waals surface area contributed by atoms with Crippen molar-refractivity contribution in [2.24, 2.45) is 11.8 Å². The maximum Gasteiger partial charge on any atom is 0.137 e. The van der Waals surface area contributed by atoms with E-state index in [1.54, 1.807) is 12.4 Å². The van der Waals surface area contributed by atoms with Crippen molar-refractivity contribution < 1.29 is 4.79 Å². The zero-order chi connectivity index (χ0) is 13.7. The number of hydrogen-bond donors (Lipinski definition) is 1. The molecule has 104 valence electrons. The van der Waals surface area contributed by atoms with E-state index in [1.165, 1.54) is 12.8 Å². The molecule has 2 unspecified atom stereocenters. The number of ketones is 1. The maximum absolute atomic E-state index is 12.1. The number of carbonyl (C=O) groups excluding carboxylic acids is 1. The minimum absolute atomic E-state index is 0.318. The quantitative estimate of drug-likeness (QED) is 0.905. The van der Waals surface area contributed by atoms with Crippen molar-refractivity contribution in [2.75, 3.05) is 13.1 Å². The molecular weight excluding hydrogens is 304 g/mol. The second-order valence-electron chi connectivity index (χ2n) is 5.51. The fourth-order valence-electron chi connectivity index (χ4n) is 2.74. The Labute approximate surface area is 123 Å². The molecule has 0 saturated carbocycles. The number of nitrogens with one attached hydrogen (secondary N) is 1. The number of piperidine rings is 1. The van der Waals surface area contributed by atoms with Crippen LogP contribution in [0.1, 0.15) is 31.7 Å². The van der Waals surface area contributed by atoms with Crippen molar-refractivity contribution in [3.63, 3.8) is 0 Å². The Kier molecular flexibility index (Phi) is 5.52. The maximum atomic E-state index is 12.1. The van der Waals surface area contributed by atoms with Crippen molar-refractivity contribution in [2.45, 2.75) is 32.6 Å². The normalized spacial score (nSPS) is 21.1. The van der Waals surface area contributed by atoms with E-state index in [4.69, 9.17) is 0 Å². The fourth-order valence-corrected chi connectivity index (χ4v) is 3.15. The van der Waals surface area contributed by atoms with Gasteiger partial charge in [-0.05, 0) is 65.3 Å². The lowest BCUT2D eigenvalue weighted by atomic mass is 9.84. The van der Waals surface area contributed by atoms with Gasteiger partial charge in [-0.25, -0.2) is 0 Å². The smallest absolute Gasteiger partial charge is 0.137 e. The summed E-state index contributed by atoms with van der Waals surface area (Å²) in [6.07, 6.45) is 7.17. The van der Waals surface area contributed by atoms with Crippen LogP contribution >= 0.6 is 15.9 Å². The highest BCUT2D eigenvalue weighted by Crippen LogP contribution is 2.23. The summed E-state index contributed by atoms with van der Waals surface area (Å²) >= 11 is 3.38. The third kappa shape index (κ3) is 4.69. The lowest BCUT2D eigenvalue weighted by Gasteiger charge is -2.28. The lowest BCUT2D eigenvalue weighted by Crippen LogP contribution is -2.34. The number of aromatic nitrogens is 1. The second-order valence-corrected chi connectivity index (χ2v) is 6.43. The predicted octanol–water partition coefficient (Wildman–Crippen LogP) is 2.98. The highest BCUT2D eigenvalue weighted by molar-refractivity contribution is 9.10. The van der Waals surface area contributed by atoms with Crippen LogP contribution in [0.2, 0.25) is 0 Å². The van der Waals surface area contributed by atoms with Gasteiger partial charge < -0.3 is 5.32 Å². The molecular formula is C15H21BrN2O. The first kappa shape index (κ1) is 14.7. The van der Waals surface area contributed by atoms with Gasteiger partial charge in [0, 0.05) is 29.7 Å². The number of carbonyl (C=O) groups is 1. The SMILES string of the molecule is CC(CC(=O)Cc1cncc(Br)c1)C1CCCNC1. The Morgan fingerprint density at radius 1 is 1.58 bits per heavy atom. The van der Waals surface area contributed by atoms with Crippen LogP contribution in [0, 0.1) is 11.8 Å². The molecule has 2 atom stereocenters. The number of pyridine rings is 1. The molecule has 0 bridgehead atoms. The predicted molar refractivity (Wildman–Crippen MR) is 80.0 cm³/mol.